The third kappa shape index (κ3) is 4.03. The summed E-state index contributed by atoms with van der Waals surface area (Å²) in [6.07, 6.45) is 0.866. The van der Waals surface area contributed by atoms with Crippen molar-refractivity contribution < 1.29 is 9.53 Å². The molecule has 6 nitrogen and oxygen atoms in total. The highest BCUT2D eigenvalue weighted by molar-refractivity contribution is 6.01. The number of piperazine rings is 1. The molecule has 1 N–H and O–H groups in total. The number of aromatic amines is 1. The van der Waals surface area contributed by atoms with Gasteiger partial charge in [0.15, 0.2) is 0 Å². The summed E-state index contributed by atoms with van der Waals surface area (Å²) in [7, 11) is 0. The van der Waals surface area contributed by atoms with Crippen LogP contribution in [0.15, 0.2) is 24.3 Å². The van der Waals surface area contributed by atoms with Crippen molar-refractivity contribution in [2.75, 3.05) is 65.6 Å². The van der Waals surface area contributed by atoms with Gasteiger partial charge in [0.25, 0.3) is 5.91 Å². The van der Waals surface area contributed by atoms with Gasteiger partial charge in [-0.2, -0.15) is 0 Å². The predicted molar refractivity (Wildman–Crippen MR) is 107 cm³/mol. The summed E-state index contributed by atoms with van der Waals surface area (Å²) in [4.78, 5) is 23.4. The highest BCUT2D eigenvalue weighted by atomic mass is 16.5. The summed E-state index contributed by atoms with van der Waals surface area (Å²) < 4.78 is 5.41. The molecule has 0 spiro atoms. The smallest absolute Gasteiger partial charge is 0.270 e. The predicted octanol–water partition coefficient (Wildman–Crippen LogP) is 1.82. The Morgan fingerprint density at radius 1 is 1.00 bits per heavy atom. The third-order valence-electron chi connectivity index (χ3n) is 5.88. The molecule has 0 unspecified atom stereocenters. The van der Waals surface area contributed by atoms with Gasteiger partial charge < -0.3 is 14.6 Å². The van der Waals surface area contributed by atoms with E-state index in [0.717, 1.165) is 88.8 Å². The van der Waals surface area contributed by atoms with Crippen LogP contribution in [-0.2, 0) is 11.2 Å². The lowest BCUT2D eigenvalue weighted by Gasteiger charge is -2.36. The van der Waals surface area contributed by atoms with E-state index in [-0.39, 0.29) is 5.91 Å². The van der Waals surface area contributed by atoms with E-state index in [9.17, 15) is 4.79 Å². The highest BCUT2D eigenvalue weighted by Gasteiger charge is 2.25. The number of hydrogen-bond acceptors (Lipinski definition) is 4. The monoisotopic (exact) mass is 370 g/mol. The van der Waals surface area contributed by atoms with Crippen LogP contribution >= 0.6 is 0 Å². The number of nitrogens with one attached hydrogen (secondary N) is 1. The van der Waals surface area contributed by atoms with Crippen LogP contribution in [0.4, 0.5) is 0 Å². The molecule has 2 fully saturated rings. The minimum atomic E-state index is 0.149. The van der Waals surface area contributed by atoms with Gasteiger partial charge in [-0.25, -0.2) is 0 Å². The van der Waals surface area contributed by atoms with Crippen LogP contribution < -0.4 is 0 Å². The molecule has 1 aromatic heterocycles. The molecule has 2 saturated heterocycles. The molecule has 0 radical (unpaired) electrons. The van der Waals surface area contributed by atoms with Crippen molar-refractivity contribution in [2.24, 2.45) is 0 Å². The number of carbonyl (C=O) groups excluding carboxylic acids is 1. The number of carbonyl (C=O) groups is 1. The normalized spacial score (nSPS) is 19.7. The average molecular weight is 370 g/mol. The molecule has 6 heteroatoms. The molecule has 27 heavy (non-hydrogen) atoms. The minimum absolute atomic E-state index is 0.149. The van der Waals surface area contributed by atoms with Gasteiger partial charge >= 0.3 is 0 Å². The fraction of sp³-hybridized carbons (Fsp3) is 0.571. The minimum Gasteiger partial charge on any atom is -0.379 e. The second kappa shape index (κ2) is 8.42. The van der Waals surface area contributed by atoms with E-state index in [1.165, 1.54) is 5.39 Å². The van der Waals surface area contributed by atoms with Crippen LogP contribution in [0.3, 0.4) is 0 Å². The Balaban J connectivity index is 1.34. The Morgan fingerprint density at radius 3 is 2.37 bits per heavy atom. The number of fused-ring (bicyclic) bond motifs is 1. The van der Waals surface area contributed by atoms with Crippen molar-refractivity contribution in [3.63, 3.8) is 0 Å². The molecule has 4 rings (SSSR count). The largest absolute Gasteiger partial charge is 0.379 e. The summed E-state index contributed by atoms with van der Waals surface area (Å²) in [5.41, 5.74) is 2.98. The second-order valence-electron chi connectivity index (χ2n) is 7.47. The number of morpholine rings is 1. The van der Waals surface area contributed by atoms with E-state index in [4.69, 9.17) is 4.74 Å². The first kappa shape index (κ1) is 18.5. The molecule has 0 aliphatic carbocycles. The van der Waals surface area contributed by atoms with E-state index in [1.807, 2.05) is 17.0 Å². The van der Waals surface area contributed by atoms with E-state index in [0.29, 0.717) is 0 Å². The maximum Gasteiger partial charge on any atom is 0.270 e. The van der Waals surface area contributed by atoms with Gasteiger partial charge in [-0.1, -0.05) is 25.1 Å². The van der Waals surface area contributed by atoms with Crippen molar-refractivity contribution in [2.45, 2.75) is 13.3 Å². The fourth-order valence-corrected chi connectivity index (χ4v) is 4.19. The second-order valence-corrected chi connectivity index (χ2v) is 7.47. The average Bonchev–Trinajstić information content (AvgIpc) is 3.11. The molecule has 2 aromatic rings. The number of para-hydroxylation sites is 1. The number of rotatable bonds is 5. The lowest BCUT2D eigenvalue weighted by Crippen LogP contribution is -2.51. The fourth-order valence-electron chi connectivity index (χ4n) is 4.19. The van der Waals surface area contributed by atoms with Crippen molar-refractivity contribution in [1.29, 1.82) is 0 Å². The maximum absolute atomic E-state index is 13.1. The quantitative estimate of drug-likeness (QED) is 0.872. The first-order valence-corrected chi connectivity index (χ1v) is 10.2. The van der Waals surface area contributed by atoms with Gasteiger partial charge in [-0.15, -0.1) is 0 Å². The molecule has 1 aromatic carbocycles. The Hall–Kier alpha value is -1.89. The van der Waals surface area contributed by atoms with Gasteiger partial charge in [0.1, 0.15) is 5.69 Å². The number of ether oxygens (including phenoxy) is 1. The zero-order valence-corrected chi connectivity index (χ0v) is 16.2. The molecule has 146 valence electrons. The zero-order chi connectivity index (χ0) is 18.6. The number of benzene rings is 1. The summed E-state index contributed by atoms with van der Waals surface area (Å²) in [6, 6.07) is 8.20. The maximum atomic E-state index is 13.1. The number of amides is 1. The van der Waals surface area contributed by atoms with Crippen molar-refractivity contribution >= 4 is 16.8 Å². The Morgan fingerprint density at radius 2 is 1.67 bits per heavy atom. The number of H-pyrrole nitrogens is 1. The van der Waals surface area contributed by atoms with Crippen LogP contribution in [0.2, 0.25) is 0 Å². The molecular formula is C21H30N4O2. The van der Waals surface area contributed by atoms with E-state index in [1.54, 1.807) is 0 Å². The topological polar surface area (TPSA) is 51.8 Å². The third-order valence-corrected chi connectivity index (χ3v) is 5.88. The molecule has 0 atom stereocenters. The van der Waals surface area contributed by atoms with Gasteiger partial charge in [-0.05, 0) is 18.1 Å². The first-order valence-electron chi connectivity index (χ1n) is 10.2. The van der Waals surface area contributed by atoms with Crippen LogP contribution in [0.25, 0.3) is 10.9 Å². The molecule has 2 aliphatic rings. The Labute approximate surface area is 161 Å². The van der Waals surface area contributed by atoms with Crippen LogP contribution in [0.5, 0.6) is 0 Å². The van der Waals surface area contributed by atoms with Crippen LogP contribution in [0.1, 0.15) is 23.0 Å². The molecular weight excluding hydrogens is 340 g/mol. The SMILES string of the molecule is CCc1c(C(=O)N2CCN(CCN3CCOCC3)CC2)[nH]c2ccccc12. The van der Waals surface area contributed by atoms with Crippen LogP contribution in [-0.4, -0.2) is 91.2 Å². The Bertz CT molecular complexity index is 774. The first-order chi connectivity index (χ1) is 13.3. The zero-order valence-electron chi connectivity index (χ0n) is 16.2. The summed E-state index contributed by atoms with van der Waals surface area (Å²) in [5, 5.41) is 1.17. The van der Waals surface area contributed by atoms with Crippen molar-refractivity contribution in [3.05, 3.63) is 35.5 Å². The summed E-state index contributed by atoms with van der Waals surface area (Å²) in [6.45, 7) is 11.6. The molecule has 2 aliphatic heterocycles. The lowest BCUT2D eigenvalue weighted by molar-refractivity contribution is 0.0293. The molecule has 0 bridgehead atoms. The number of aromatic nitrogens is 1. The molecule has 0 saturated carbocycles. The van der Waals surface area contributed by atoms with Crippen molar-refractivity contribution in [3.8, 4) is 0 Å². The Kier molecular flexibility index (Phi) is 5.76. The van der Waals surface area contributed by atoms with E-state index < -0.39 is 0 Å². The van der Waals surface area contributed by atoms with Crippen LogP contribution in [0, 0.1) is 0 Å². The standard InChI is InChI=1S/C21H30N4O2/c1-2-17-18-5-3-4-6-19(18)22-20(17)21(26)25-11-9-23(10-12-25)7-8-24-13-15-27-16-14-24/h3-6,22H,2,7-16H2,1H3. The highest BCUT2D eigenvalue weighted by Crippen LogP contribution is 2.24. The lowest BCUT2D eigenvalue weighted by atomic mass is 10.1. The number of aryl methyl sites for hydroxylation is 1. The molecule has 1 amide bonds. The van der Waals surface area contributed by atoms with Crippen molar-refractivity contribution in [1.82, 2.24) is 19.7 Å². The van der Waals surface area contributed by atoms with E-state index >= 15 is 0 Å². The van der Waals surface area contributed by atoms with Gasteiger partial charge in [0, 0.05) is 63.3 Å². The van der Waals surface area contributed by atoms with E-state index in [2.05, 4.69) is 33.8 Å². The van der Waals surface area contributed by atoms with Gasteiger partial charge in [0.05, 0.1) is 13.2 Å². The number of hydrogen-bond donors (Lipinski definition) is 1. The van der Waals surface area contributed by atoms with Gasteiger partial charge in [-0.3, -0.25) is 14.6 Å². The number of nitrogens with zero attached hydrogens (tertiary/aromatic N) is 3. The van der Waals surface area contributed by atoms with Gasteiger partial charge in [0.2, 0.25) is 0 Å². The summed E-state index contributed by atoms with van der Waals surface area (Å²) >= 11 is 0. The summed E-state index contributed by atoms with van der Waals surface area (Å²) in [5.74, 6) is 0.149. The molecule has 3 heterocycles.